The Morgan fingerprint density at radius 2 is 1.82 bits per heavy atom. The van der Waals surface area contributed by atoms with Crippen LogP contribution in [-0.2, 0) is 12.3 Å². The van der Waals surface area contributed by atoms with Crippen LogP contribution in [0.4, 0.5) is 17.6 Å². The summed E-state index contributed by atoms with van der Waals surface area (Å²) >= 11 is 0. The second kappa shape index (κ2) is 5.86. The van der Waals surface area contributed by atoms with Crippen molar-refractivity contribution in [2.75, 3.05) is 0 Å². The molecule has 4 heteroatoms. The van der Waals surface area contributed by atoms with Gasteiger partial charge in [0.2, 0.25) is 0 Å². The predicted octanol–water partition coefficient (Wildman–Crippen LogP) is 6.08. The number of halogens is 4. The van der Waals surface area contributed by atoms with Gasteiger partial charge < -0.3 is 0 Å². The van der Waals surface area contributed by atoms with Crippen LogP contribution in [0.15, 0.2) is 12.1 Å². The molecule has 0 bridgehead atoms. The first-order chi connectivity index (χ1) is 10.4. The maximum atomic E-state index is 14.7. The van der Waals surface area contributed by atoms with Gasteiger partial charge >= 0.3 is 0 Å². The van der Waals surface area contributed by atoms with Crippen molar-refractivity contribution in [1.29, 1.82) is 0 Å². The second-order valence-electron chi connectivity index (χ2n) is 6.90. The van der Waals surface area contributed by atoms with Crippen LogP contribution < -0.4 is 0 Å². The van der Waals surface area contributed by atoms with Gasteiger partial charge in [-0.1, -0.05) is 38.7 Å². The summed E-state index contributed by atoms with van der Waals surface area (Å²) in [4.78, 5) is 0. The van der Waals surface area contributed by atoms with E-state index in [1.165, 1.54) is 6.07 Å². The molecule has 1 atom stereocenters. The normalized spacial score (nSPS) is 30.3. The minimum atomic E-state index is -3.25. The quantitative estimate of drug-likeness (QED) is 0.593. The van der Waals surface area contributed by atoms with Crippen LogP contribution in [0.2, 0.25) is 0 Å². The van der Waals surface area contributed by atoms with Crippen LogP contribution >= 0.6 is 0 Å². The van der Waals surface area contributed by atoms with Gasteiger partial charge in [-0.2, -0.15) is 0 Å². The summed E-state index contributed by atoms with van der Waals surface area (Å²) in [6, 6.07) is 2.29. The molecule has 1 unspecified atom stereocenters. The van der Waals surface area contributed by atoms with E-state index in [0.717, 1.165) is 44.6 Å². The maximum absolute atomic E-state index is 14.7. The third kappa shape index (κ3) is 2.55. The molecule has 0 spiro atoms. The summed E-state index contributed by atoms with van der Waals surface area (Å²) < 4.78 is 56.5. The molecule has 0 aliphatic heterocycles. The molecule has 22 heavy (non-hydrogen) atoms. The summed E-state index contributed by atoms with van der Waals surface area (Å²) in [6.45, 7) is 2.14. The molecule has 0 heterocycles. The van der Waals surface area contributed by atoms with Crippen molar-refractivity contribution in [1.82, 2.24) is 0 Å². The first-order valence-electron chi connectivity index (χ1n) is 8.30. The zero-order valence-corrected chi connectivity index (χ0v) is 12.8. The van der Waals surface area contributed by atoms with Crippen LogP contribution in [0.1, 0.15) is 58.0 Å². The Morgan fingerprint density at radius 1 is 1.14 bits per heavy atom. The van der Waals surface area contributed by atoms with Gasteiger partial charge in [0.05, 0.1) is 5.56 Å². The van der Waals surface area contributed by atoms with Crippen LogP contribution in [0.25, 0.3) is 0 Å². The average molecular weight is 316 g/mol. The molecule has 1 fully saturated rings. The first kappa shape index (κ1) is 15.8. The number of fused-ring (bicyclic) bond motifs is 1. The second-order valence-corrected chi connectivity index (χ2v) is 6.90. The Morgan fingerprint density at radius 3 is 2.45 bits per heavy atom. The topological polar surface area (TPSA) is 0 Å². The number of benzene rings is 1. The highest BCUT2D eigenvalue weighted by Crippen LogP contribution is 2.53. The molecule has 0 saturated heterocycles. The van der Waals surface area contributed by atoms with E-state index < -0.39 is 29.0 Å². The molecule has 2 aliphatic rings. The zero-order chi connectivity index (χ0) is 15.9. The Labute approximate surface area is 130 Å². The van der Waals surface area contributed by atoms with Crippen molar-refractivity contribution >= 4 is 0 Å². The Hall–Kier alpha value is -1.06. The molecule has 1 aromatic carbocycles. The molecular weight excluding hydrogens is 292 g/mol. The van der Waals surface area contributed by atoms with Gasteiger partial charge in [0.15, 0.2) is 11.6 Å². The first-order valence-corrected chi connectivity index (χ1v) is 8.30. The minimum absolute atomic E-state index is 0. The Balaban J connectivity index is 0.00000192. The van der Waals surface area contributed by atoms with Crippen molar-refractivity contribution in [3.05, 3.63) is 34.9 Å². The molecule has 3 rings (SSSR count). The van der Waals surface area contributed by atoms with Crippen molar-refractivity contribution in [2.45, 2.75) is 57.8 Å². The zero-order valence-electron chi connectivity index (χ0n) is 12.8. The molecule has 0 nitrogen and oxygen atoms in total. The van der Waals surface area contributed by atoms with Crippen molar-refractivity contribution in [3.8, 4) is 0 Å². The van der Waals surface area contributed by atoms with E-state index >= 15 is 0 Å². The van der Waals surface area contributed by atoms with Gasteiger partial charge in [-0.25, -0.2) is 17.6 Å². The number of hydrogen-bond acceptors (Lipinski definition) is 0. The van der Waals surface area contributed by atoms with Gasteiger partial charge in [0, 0.05) is 7.34 Å². The highest BCUT2D eigenvalue weighted by Gasteiger charge is 2.53. The van der Waals surface area contributed by atoms with E-state index in [1.54, 1.807) is 0 Å². The smallest absolute Gasteiger partial charge is 0.204 e. The SMILES string of the molecule is CCCC1CCC(C2Cc3ccc(F)c(F)c3C2(F)F)CC1.[HH]. The number of hydrogen-bond donors (Lipinski definition) is 0. The van der Waals surface area contributed by atoms with E-state index in [4.69, 9.17) is 0 Å². The highest BCUT2D eigenvalue weighted by molar-refractivity contribution is 5.39. The van der Waals surface area contributed by atoms with Crippen LogP contribution in [0.5, 0.6) is 0 Å². The summed E-state index contributed by atoms with van der Waals surface area (Å²) in [5, 5.41) is 0. The summed E-state index contributed by atoms with van der Waals surface area (Å²) in [7, 11) is 0. The van der Waals surface area contributed by atoms with E-state index in [0.29, 0.717) is 5.92 Å². The monoisotopic (exact) mass is 316 g/mol. The highest BCUT2D eigenvalue weighted by atomic mass is 19.3. The van der Waals surface area contributed by atoms with Gasteiger partial charge in [0.1, 0.15) is 0 Å². The molecule has 0 amide bonds. The standard InChI is InChI=1S/C18H22F4.H2/c1-2-3-11-4-6-12(7-5-11)14-10-13-8-9-15(19)17(20)16(13)18(14,21)22;/h8-9,11-12,14H,2-7,10H2,1H3;1H. The fourth-order valence-corrected chi connectivity index (χ4v) is 4.42. The Bertz CT molecular complexity index is 550. The molecule has 1 aromatic rings. The fourth-order valence-electron chi connectivity index (χ4n) is 4.42. The van der Waals surface area contributed by atoms with E-state index in [1.807, 2.05) is 0 Å². The average Bonchev–Trinajstić information content (AvgIpc) is 2.76. The van der Waals surface area contributed by atoms with Crippen LogP contribution in [0.3, 0.4) is 0 Å². The van der Waals surface area contributed by atoms with Crippen LogP contribution in [0, 0.1) is 29.4 Å². The minimum Gasteiger partial charge on any atom is -0.204 e. The number of rotatable bonds is 3. The maximum Gasteiger partial charge on any atom is 0.279 e. The van der Waals surface area contributed by atoms with Gasteiger partial charge in [-0.15, -0.1) is 0 Å². The summed E-state index contributed by atoms with van der Waals surface area (Å²) in [6.07, 6.45) is 5.99. The van der Waals surface area contributed by atoms with E-state index in [-0.39, 0.29) is 19.3 Å². The molecular formula is C18H24F4. The van der Waals surface area contributed by atoms with Crippen LogP contribution in [-0.4, -0.2) is 0 Å². The number of alkyl halides is 2. The molecule has 0 N–H and O–H groups in total. The van der Waals surface area contributed by atoms with Crippen molar-refractivity contribution < 1.29 is 19.0 Å². The lowest BCUT2D eigenvalue weighted by atomic mass is 9.73. The van der Waals surface area contributed by atoms with E-state index in [9.17, 15) is 17.6 Å². The lowest BCUT2D eigenvalue weighted by Gasteiger charge is -2.34. The van der Waals surface area contributed by atoms with Crippen molar-refractivity contribution in [3.63, 3.8) is 0 Å². The summed E-state index contributed by atoms with van der Waals surface area (Å²) in [5.74, 6) is -6.09. The third-order valence-electron chi connectivity index (χ3n) is 5.58. The lowest BCUT2D eigenvalue weighted by Crippen LogP contribution is -2.31. The largest absolute Gasteiger partial charge is 0.279 e. The predicted molar refractivity (Wildman–Crippen MR) is 79.9 cm³/mol. The van der Waals surface area contributed by atoms with Crippen molar-refractivity contribution in [2.24, 2.45) is 17.8 Å². The van der Waals surface area contributed by atoms with Gasteiger partial charge in [0.25, 0.3) is 5.92 Å². The van der Waals surface area contributed by atoms with E-state index in [2.05, 4.69) is 6.92 Å². The molecule has 0 aromatic heterocycles. The Kier molecular flexibility index (Phi) is 4.21. The van der Waals surface area contributed by atoms with Gasteiger partial charge in [-0.05, 0) is 42.7 Å². The summed E-state index contributed by atoms with van der Waals surface area (Å²) in [5.41, 5.74) is -0.405. The third-order valence-corrected chi connectivity index (χ3v) is 5.58. The molecule has 2 aliphatic carbocycles. The molecule has 0 radical (unpaired) electrons. The fraction of sp³-hybridized carbons (Fsp3) is 0.667. The van der Waals surface area contributed by atoms with Gasteiger partial charge in [-0.3, -0.25) is 0 Å². The molecule has 1 saturated carbocycles. The lowest BCUT2D eigenvalue weighted by molar-refractivity contribution is -0.0843. The molecule has 124 valence electrons.